The van der Waals surface area contributed by atoms with Crippen molar-refractivity contribution in [2.75, 3.05) is 11.6 Å². The number of nitrogens with one attached hydrogen (secondary N) is 1. The first-order valence-corrected chi connectivity index (χ1v) is 11.3. The Labute approximate surface area is 179 Å². The number of amides is 1. The summed E-state index contributed by atoms with van der Waals surface area (Å²) in [5.74, 6) is -0.213. The van der Waals surface area contributed by atoms with Gasteiger partial charge in [-0.1, -0.05) is 41.9 Å². The maximum Gasteiger partial charge on any atom is 0.221 e. The lowest BCUT2D eigenvalue weighted by molar-refractivity contribution is -0.114. The number of fused-ring (bicyclic) bond motifs is 1. The Bertz CT molecular complexity index is 1380. The average Bonchev–Trinajstić information content (AvgIpc) is 3.11. The summed E-state index contributed by atoms with van der Waals surface area (Å²) in [6.07, 6.45) is 4.76. The van der Waals surface area contributed by atoms with Crippen molar-refractivity contribution in [3.8, 4) is 22.4 Å². The summed E-state index contributed by atoms with van der Waals surface area (Å²) in [6.45, 7) is 1.44. The third-order valence-corrected chi connectivity index (χ3v) is 6.14. The molecule has 0 aliphatic rings. The van der Waals surface area contributed by atoms with Gasteiger partial charge < -0.3 is 5.32 Å². The zero-order valence-corrected chi connectivity index (χ0v) is 17.8. The van der Waals surface area contributed by atoms with Gasteiger partial charge >= 0.3 is 0 Å². The van der Waals surface area contributed by atoms with E-state index >= 15 is 0 Å². The van der Waals surface area contributed by atoms with Crippen LogP contribution in [0.15, 0.2) is 71.9 Å². The quantitative estimate of drug-likeness (QED) is 0.500. The molecule has 1 N–H and O–H groups in total. The van der Waals surface area contributed by atoms with Gasteiger partial charge in [0.1, 0.15) is 0 Å². The molecular weight excluding hydrogens is 422 g/mol. The Morgan fingerprint density at radius 2 is 1.77 bits per heavy atom. The van der Waals surface area contributed by atoms with Gasteiger partial charge in [0.05, 0.1) is 22.5 Å². The summed E-state index contributed by atoms with van der Waals surface area (Å²) >= 11 is 6.39. The van der Waals surface area contributed by atoms with E-state index in [4.69, 9.17) is 11.6 Å². The van der Waals surface area contributed by atoms with Gasteiger partial charge in [-0.25, -0.2) is 13.4 Å². The first kappa shape index (κ1) is 20.1. The van der Waals surface area contributed by atoms with Gasteiger partial charge in [-0.2, -0.15) is 0 Å². The number of carbonyl (C=O) groups excluding carboxylic acids is 1. The van der Waals surface area contributed by atoms with Crippen LogP contribution in [-0.2, 0) is 14.6 Å². The second-order valence-electron chi connectivity index (χ2n) is 6.94. The molecule has 0 saturated carbocycles. The Kier molecular flexibility index (Phi) is 5.09. The highest BCUT2D eigenvalue weighted by Gasteiger charge is 2.15. The molecule has 0 aliphatic carbocycles. The van der Waals surface area contributed by atoms with E-state index in [-0.39, 0.29) is 10.8 Å². The summed E-state index contributed by atoms with van der Waals surface area (Å²) in [4.78, 5) is 16.5. The Morgan fingerprint density at radius 3 is 2.40 bits per heavy atom. The fourth-order valence-electron chi connectivity index (χ4n) is 3.30. The van der Waals surface area contributed by atoms with Gasteiger partial charge in [0, 0.05) is 41.1 Å². The summed E-state index contributed by atoms with van der Waals surface area (Å²) in [5.41, 5.74) is 4.30. The van der Waals surface area contributed by atoms with Crippen LogP contribution < -0.4 is 5.32 Å². The van der Waals surface area contributed by atoms with Crippen LogP contribution in [0, 0.1) is 0 Å². The number of anilines is 1. The van der Waals surface area contributed by atoms with Gasteiger partial charge in [0.25, 0.3) is 0 Å². The fraction of sp³-hybridized carbons (Fsp3) is 0.0909. The summed E-state index contributed by atoms with van der Waals surface area (Å²) in [5, 5.41) is 3.41. The molecular formula is C22H18ClN3O3S. The van der Waals surface area contributed by atoms with Crippen molar-refractivity contribution >= 4 is 38.7 Å². The molecule has 4 rings (SSSR count). The van der Waals surface area contributed by atoms with Crippen LogP contribution in [0.1, 0.15) is 6.92 Å². The largest absolute Gasteiger partial charge is 0.323 e. The van der Waals surface area contributed by atoms with Crippen LogP contribution in [0.4, 0.5) is 5.69 Å². The van der Waals surface area contributed by atoms with Crippen molar-refractivity contribution < 1.29 is 13.2 Å². The molecule has 0 unspecified atom stereocenters. The van der Waals surface area contributed by atoms with Crippen molar-refractivity contribution in [1.82, 2.24) is 9.38 Å². The highest BCUT2D eigenvalue weighted by molar-refractivity contribution is 7.90. The number of sulfone groups is 1. The van der Waals surface area contributed by atoms with Gasteiger partial charge in [0.15, 0.2) is 15.5 Å². The highest BCUT2D eigenvalue weighted by atomic mass is 35.5. The average molecular weight is 440 g/mol. The zero-order chi connectivity index (χ0) is 21.5. The molecule has 8 heteroatoms. The molecule has 4 aromatic rings. The minimum Gasteiger partial charge on any atom is -0.323 e. The Hall–Kier alpha value is -3.16. The van der Waals surface area contributed by atoms with E-state index in [1.165, 1.54) is 13.2 Å². The second kappa shape index (κ2) is 7.59. The standard InChI is InChI=1S/C22H18ClN3O3S/c1-14(27)25-20-11-16(18-5-3-4-6-19(18)23)13-26-21(12-24-22(20)26)15-7-9-17(10-8-15)30(2,28)29/h3-13H,1-2H3,(H,25,27). The summed E-state index contributed by atoms with van der Waals surface area (Å²) < 4.78 is 25.4. The lowest BCUT2D eigenvalue weighted by atomic mass is 10.1. The molecule has 0 bridgehead atoms. The van der Waals surface area contributed by atoms with Gasteiger partial charge in [-0.05, 0) is 24.3 Å². The Morgan fingerprint density at radius 1 is 1.07 bits per heavy atom. The molecule has 0 aliphatic heterocycles. The maximum atomic E-state index is 11.8. The second-order valence-corrected chi connectivity index (χ2v) is 9.36. The number of aromatic nitrogens is 2. The summed E-state index contributed by atoms with van der Waals surface area (Å²) in [7, 11) is -3.28. The SMILES string of the molecule is CC(=O)Nc1cc(-c2ccccc2Cl)cn2c(-c3ccc(S(C)(=O)=O)cc3)cnc12. The lowest BCUT2D eigenvalue weighted by Crippen LogP contribution is -2.08. The number of rotatable bonds is 4. The lowest BCUT2D eigenvalue weighted by Gasteiger charge is -2.12. The number of hydrogen-bond donors (Lipinski definition) is 1. The van der Waals surface area contributed by atoms with Crippen LogP contribution in [0.2, 0.25) is 5.02 Å². The van der Waals surface area contributed by atoms with Crippen LogP contribution in [0.25, 0.3) is 28.0 Å². The van der Waals surface area contributed by atoms with Crippen molar-refractivity contribution in [1.29, 1.82) is 0 Å². The molecule has 2 heterocycles. The van der Waals surface area contributed by atoms with Crippen LogP contribution in [0.3, 0.4) is 0 Å². The van der Waals surface area contributed by atoms with Crippen molar-refractivity contribution in [2.24, 2.45) is 0 Å². The van der Waals surface area contributed by atoms with E-state index in [9.17, 15) is 13.2 Å². The molecule has 0 fully saturated rings. The Balaban J connectivity index is 1.93. The predicted molar refractivity (Wildman–Crippen MR) is 118 cm³/mol. The van der Waals surface area contributed by atoms with Crippen molar-refractivity contribution in [3.05, 3.63) is 72.0 Å². The third-order valence-electron chi connectivity index (χ3n) is 4.68. The molecule has 2 aromatic heterocycles. The van der Waals surface area contributed by atoms with E-state index < -0.39 is 9.84 Å². The van der Waals surface area contributed by atoms with Gasteiger partial charge in [0.2, 0.25) is 5.91 Å². The summed E-state index contributed by atoms with van der Waals surface area (Å²) in [6, 6.07) is 15.9. The number of nitrogens with zero attached hydrogens (tertiary/aromatic N) is 2. The van der Waals surface area contributed by atoms with E-state index in [2.05, 4.69) is 10.3 Å². The minimum atomic E-state index is -3.28. The van der Waals surface area contributed by atoms with E-state index in [0.29, 0.717) is 16.4 Å². The number of halogens is 1. The topological polar surface area (TPSA) is 80.5 Å². The van der Waals surface area contributed by atoms with Crippen LogP contribution in [0.5, 0.6) is 0 Å². The van der Waals surface area contributed by atoms with E-state index in [1.807, 2.05) is 34.9 Å². The van der Waals surface area contributed by atoms with Crippen LogP contribution in [-0.4, -0.2) is 30.0 Å². The smallest absolute Gasteiger partial charge is 0.221 e. The molecule has 30 heavy (non-hydrogen) atoms. The first-order chi connectivity index (χ1) is 14.2. The number of hydrogen-bond acceptors (Lipinski definition) is 4. The van der Waals surface area contributed by atoms with Crippen molar-refractivity contribution in [2.45, 2.75) is 11.8 Å². The number of imidazole rings is 1. The third kappa shape index (κ3) is 3.81. The zero-order valence-electron chi connectivity index (χ0n) is 16.3. The van der Waals surface area contributed by atoms with E-state index in [0.717, 1.165) is 22.4 Å². The normalized spacial score (nSPS) is 11.6. The van der Waals surface area contributed by atoms with Crippen molar-refractivity contribution in [3.63, 3.8) is 0 Å². The monoisotopic (exact) mass is 439 g/mol. The number of pyridine rings is 1. The number of carbonyl (C=O) groups is 1. The van der Waals surface area contributed by atoms with Crippen LogP contribution >= 0.6 is 11.6 Å². The molecule has 6 nitrogen and oxygen atoms in total. The molecule has 0 radical (unpaired) electrons. The molecule has 1 amide bonds. The molecule has 152 valence electrons. The molecule has 0 spiro atoms. The highest BCUT2D eigenvalue weighted by Crippen LogP contribution is 2.33. The molecule has 0 atom stereocenters. The number of benzene rings is 2. The first-order valence-electron chi connectivity index (χ1n) is 9.08. The van der Waals surface area contributed by atoms with E-state index in [1.54, 1.807) is 36.5 Å². The predicted octanol–water partition coefficient (Wildman–Crippen LogP) is 4.68. The minimum absolute atomic E-state index is 0.213. The molecule has 2 aromatic carbocycles. The maximum absolute atomic E-state index is 11.8. The van der Waals surface area contributed by atoms with Gasteiger partial charge in [-0.15, -0.1) is 0 Å². The molecule has 0 saturated heterocycles. The van der Waals surface area contributed by atoms with Gasteiger partial charge in [-0.3, -0.25) is 9.20 Å². The fourth-order valence-corrected chi connectivity index (χ4v) is 4.17.